The van der Waals surface area contributed by atoms with E-state index in [1.807, 2.05) is 31.2 Å². The predicted molar refractivity (Wildman–Crippen MR) is 57.8 cm³/mol. The van der Waals surface area contributed by atoms with Crippen molar-refractivity contribution in [2.75, 3.05) is 4.42 Å². The molecule has 0 saturated carbocycles. The van der Waals surface area contributed by atoms with Crippen molar-refractivity contribution in [1.29, 1.82) is 0 Å². The Hall–Kier alpha value is -1.68. The van der Waals surface area contributed by atoms with Gasteiger partial charge in [0, 0.05) is 11.8 Å². The lowest BCUT2D eigenvalue weighted by Gasteiger charge is -2.14. The fraction of sp³-hybridized carbons (Fsp3) is 0.100. The Morgan fingerprint density at radius 3 is 2.80 bits per heavy atom. The van der Waals surface area contributed by atoms with Crippen LogP contribution in [0.5, 0.6) is 0 Å². The molecule has 1 aromatic heterocycles. The quantitative estimate of drug-likeness (QED) is 0.727. The van der Waals surface area contributed by atoms with E-state index in [1.165, 1.54) is 10.7 Å². The van der Waals surface area contributed by atoms with Crippen molar-refractivity contribution < 1.29 is 0 Å². The fourth-order valence-electron chi connectivity index (χ4n) is 1.19. The molecule has 5 heteroatoms. The largest absolute Gasteiger partial charge is 0.248 e. The Morgan fingerprint density at radius 1 is 1.33 bits per heavy atom. The van der Waals surface area contributed by atoms with Crippen LogP contribution in [-0.4, -0.2) is 15.0 Å². The van der Waals surface area contributed by atoms with Crippen molar-refractivity contribution in [3.8, 4) is 0 Å². The minimum atomic E-state index is 0.362. The van der Waals surface area contributed by atoms with Crippen LogP contribution in [-0.2, 0) is 0 Å². The SMILES string of the molecule is Cc1ccccc1N(Cl)c1n[c]ncn1. The second kappa shape index (κ2) is 4.23. The Balaban J connectivity index is 2.37. The first kappa shape index (κ1) is 9.86. The van der Waals surface area contributed by atoms with Gasteiger partial charge in [-0.15, -0.1) is 0 Å². The van der Waals surface area contributed by atoms with Gasteiger partial charge in [-0.2, -0.15) is 9.97 Å². The van der Waals surface area contributed by atoms with Crippen molar-refractivity contribution >= 4 is 23.4 Å². The highest BCUT2D eigenvalue weighted by Crippen LogP contribution is 2.26. The Labute approximate surface area is 92.7 Å². The van der Waals surface area contributed by atoms with Gasteiger partial charge in [-0.3, -0.25) is 0 Å². The average molecular weight is 220 g/mol. The summed E-state index contributed by atoms with van der Waals surface area (Å²) >= 11 is 6.10. The number of aromatic nitrogens is 3. The smallest absolute Gasteiger partial charge is 0.220 e. The van der Waals surface area contributed by atoms with Crippen LogP contribution in [0.3, 0.4) is 0 Å². The number of hydrogen-bond acceptors (Lipinski definition) is 4. The van der Waals surface area contributed by atoms with Gasteiger partial charge < -0.3 is 0 Å². The first-order valence-corrected chi connectivity index (χ1v) is 4.69. The monoisotopic (exact) mass is 219 g/mol. The minimum Gasteiger partial charge on any atom is -0.220 e. The highest BCUT2D eigenvalue weighted by atomic mass is 35.5. The molecule has 0 spiro atoms. The highest BCUT2D eigenvalue weighted by Gasteiger charge is 2.10. The summed E-state index contributed by atoms with van der Waals surface area (Å²) in [5.41, 5.74) is 1.90. The van der Waals surface area contributed by atoms with Gasteiger partial charge >= 0.3 is 0 Å². The first-order chi connectivity index (χ1) is 7.29. The summed E-state index contributed by atoms with van der Waals surface area (Å²) in [4.78, 5) is 11.4. The van der Waals surface area contributed by atoms with Gasteiger partial charge in [-0.25, -0.2) is 9.40 Å². The van der Waals surface area contributed by atoms with Gasteiger partial charge in [0.1, 0.15) is 6.33 Å². The fourth-order valence-corrected chi connectivity index (χ4v) is 1.47. The molecule has 0 atom stereocenters. The van der Waals surface area contributed by atoms with Crippen molar-refractivity contribution in [2.45, 2.75) is 6.92 Å². The van der Waals surface area contributed by atoms with Gasteiger partial charge in [0.25, 0.3) is 0 Å². The van der Waals surface area contributed by atoms with Crippen molar-refractivity contribution in [2.24, 2.45) is 0 Å². The van der Waals surface area contributed by atoms with E-state index in [0.717, 1.165) is 11.3 Å². The maximum absolute atomic E-state index is 6.10. The zero-order chi connectivity index (χ0) is 10.7. The number of benzene rings is 1. The second-order valence-corrected chi connectivity index (χ2v) is 3.29. The van der Waals surface area contributed by atoms with Crippen LogP contribution in [0, 0.1) is 13.3 Å². The third-order valence-electron chi connectivity index (χ3n) is 1.94. The standard InChI is InChI=1S/C10H8ClN4/c1-8-4-2-3-5-9(8)15(11)10-13-6-12-7-14-10/h2-6H,1H3. The molecule has 0 amide bonds. The van der Waals surface area contributed by atoms with Crippen LogP contribution in [0.2, 0.25) is 0 Å². The van der Waals surface area contributed by atoms with E-state index in [0.29, 0.717) is 5.95 Å². The van der Waals surface area contributed by atoms with E-state index in [1.54, 1.807) is 0 Å². The Morgan fingerprint density at radius 2 is 2.13 bits per heavy atom. The van der Waals surface area contributed by atoms with Gasteiger partial charge in [0.2, 0.25) is 12.3 Å². The van der Waals surface area contributed by atoms with E-state index < -0.39 is 0 Å². The zero-order valence-corrected chi connectivity index (χ0v) is 8.81. The molecule has 0 unspecified atom stereocenters. The summed E-state index contributed by atoms with van der Waals surface area (Å²) in [6.07, 6.45) is 3.80. The Bertz CT molecular complexity index is 446. The normalized spacial score (nSPS) is 10.0. The highest BCUT2D eigenvalue weighted by molar-refractivity contribution is 6.28. The average Bonchev–Trinajstić information content (AvgIpc) is 2.30. The molecule has 0 aliphatic heterocycles. The number of nitrogens with zero attached hydrogens (tertiary/aromatic N) is 4. The molecule has 75 valence electrons. The van der Waals surface area contributed by atoms with Gasteiger partial charge in [-0.05, 0) is 18.6 Å². The summed E-state index contributed by atoms with van der Waals surface area (Å²) in [6.45, 7) is 1.97. The number of hydrogen-bond donors (Lipinski definition) is 0. The molecule has 2 rings (SSSR count). The molecule has 0 fully saturated rings. The summed E-state index contributed by atoms with van der Waals surface area (Å²) in [5.74, 6) is 0.362. The summed E-state index contributed by atoms with van der Waals surface area (Å²) < 4.78 is 1.38. The van der Waals surface area contributed by atoms with Crippen molar-refractivity contribution in [1.82, 2.24) is 15.0 Å². The summed E-state index contributed by atoms with van der Waals surface area (Å²) in [6, 6.07) is 7.72. The summed E-state index contributed by atoms with van der Waals surface area (Å²) in [5, 5.41) is 0. The molecule has 1 aromatic carbocycles. The molecule has 15 heavy (non-hydrogen) atoms. The Kier molecular flexibility index (Phi) is 2.78. The van der Waals surface area contributed by atoms with Gasteiger partial charge in [-0.1, -0.05) is 18.2 Å². The zero-order valence-electron chi connectivity index (χ0n) is 8.05. The van der Waals surface area contributed by atoms with E-state index in [-0.39, 0.29) is 0 Å². The summed E-state index contributed by atoms with van der Waals surface area (Å²) in [7, 11) is 0. The van der Waals surface area contributed by atoms with Crippen LogP contribution in [0.25, 0.3) is 0 Å². The molecular formula is C10H8ClN4. The molecule has 1 heterocycles. The predicted octanol–water partition coefficient (Wildman–Crippen LogP) is 2.27. The van der Waals surface area contributed by atoms with E-state index in [9.17, 15) is 0 Å². The molecule has 0 aliphatic rings. The van der Waals surface area contributed by atoms with Gasteiger partial charge in [0.05, 0.1) is 5.69 Å². The number of anilines is 2. The molecular weight excluding hydrogens is 212 g/mol. The molecule has 4 nitrogen and oxygen atoms in total. The van der Waals surface area contributed by atoms with Crippen LogP contribution in [0.1, 0.15) is 5.56 Å². The third-order valence-corrected chi connectivity index (χ3v) is 2.27. The van der Waals surface area contributed by atoms with Crippen LogP contribution >= 0.6 is 11.8 Å². The first-order valence-electron chi connectivity index (χ1n) is 4.35. The lowest BCUT2D eigenvalue weighted by Crippen LogP contribution is -2.07. The van der Waals surface area contributed by atoms with Crippen molar-refractivity contribution in [3.05, 3.63) is 42.5 Å². The van der Waals surface area contributed by atoms with E-state index >= 15 is 0 Å². The molecule has 0 aliphatic carbocycles. The lowest BCUT2D eigenvalue weighted by molar-refractivity contribution is 1.02. The number of halogens is 1. The molecule has 0 saturated heterocycles. The number of rotatable bonds is 2. The van der Waals surface area contributed by atoms with E-state index in [2.05, 4.69) is 21.3 Å². The minimum absolute atomic E-state index is 0.362. The number of para-hydroxylation sites is 1. The maximum Gasteiger partial charge on any atom is 0.248 e. The molecule has 0 N–H and O–H groups in total. The topological polar surface area (TPSA) is 41.9 Å². The molecule has 1 radical (unpaired) electrons. The van der Waals surface area contributed by atoms with Crippen LogP contribution in [0.4, 0.5) is 11.6 Å². The second-order valence-electron chi connectivity index (χ2n) is 2.95. The third kappa shape index (κ3) is 2.05. The molecule has 2 aromatic rings. The van der Waals surface area contributed by atoms with Crippen LogP contribution in [0.15, 0.2) is 30.6 Å². The van der Waals surface area contributed by atoms with Crippen molar-refractivity contribution in [3.63, 3.8) is 0 Å². The molecule has 0 bridgehead atoms. The van der Waals surface area contributed by atoms with E-state index in [4.69, 9.17) is 11.8 Å². The van der Waals surface area contributed by atoms with Gasteiger partial charge in [0.15, 0.2) is 0 Å². The van der Waals surface area contributed by atoms with Crippen LogP contribution < -0.4 is 4.42 Å². The number of aryl methyl sites for hydroxylation is 1. The lowest BCUT2D eigenvalue weighted by atomic mass is 10.2. The maximum atomic E-state index is 6.10.